The van der Waals surface area contributed by atoms with Crippen LogP contribution < -0.4 is 5.32 Å². The predicted octanol–water partition coefficient (Wildman–Crippen LogP) is 20.9. The van der Waals surface area contributed by atoms with Crippen LogP contribution in [0.3, 0.4) is 0 Å². The molecule has 1 aliphatic heterocycles. The van der Waals surface area contributed by atoms with Crippen LogP contribution in [0.5, 0.6) is 0 Å². The Morgan fingerprint density at radius 3 is 1.10 bits per heavy atom. The van der Waals surface area contributed by atoms with Crippen LogP contribution in [-0.4, -0.2) is 87.5 Å². The molecule has 1 aliphatic rings. The molecule has 6 N–H and O–H groups in total. The van der Waals surface area contributed by atoms with E-state index in [0.29, 0.717) is 6.42 Å². The van der Waals surface area contributed by atoms with Crippen molar-refractivity contribution in [1.29, 1.82) is 0 Å². The first kappa shape index (κ1) is 82.4. The number of allylic oxidation sites excluding steroid dienone is 13. The summed E-state index contributed by atoms with van der Waals surface area (Å²) in [5.41, 5.74) is 0. The van der Waals surface area contributed by atoms with Crippen molar-refractivity contribution in [3.05, 3.63) is 85.1 Å². The van der Waals surface area contributed by atoms with Crippen LogP contribution in [0.4, 0.5) is 0 Å². The Morgan fingerprint density at radius 2 is 0.724 bits per heavy atom. The molecule has 0 aliphatic carbocycles. The molecule has 0 bridgehead atoms. The minimum Gasteiger partial charge on any atom is -0.394 e. The molecule has 0 aromatic heterocycles. The predicted molar refractivity (Wildman–Crippen MR) is 373 cm³/mol. The van der Waals surface area contributed by atoms with Gasteiger partial charge in [-0.1, -0.05) is 343 Å². The number of carbonyl (C=O) groups excluding carboxylic acids is 1. The number of unbranched alkanes of at least 4 members (excludes halogenated alkanes) is 43. The second-order valence-corrected chi connectivity index (χ2v) is 25.7. The molecule has 9 heteroatoms. The fourth-order valence-electron chi connectivity index (χ4n) is 11.7. The average molecular weight is 1220 g/mol. The number of hydrogen-bond donors (Lipinski definition) is 6. The standard InChI is InChI=1S/C78H141NO8/c1-3-5-7-9-11-13-15-17-19-21-23-25-27-29-31-33-34-35-36-37-38-40-42-44-46-48-50-52-54-56-58-60-62-64-66-68-74(82)79-71(70-86-78-77(85)76(84)75(83)73(69-80)87-78)72(81)67-65-63-61-59-57-55-53-51-49-47-45-43-41-39-32-30-28-26-24-22-20-18-16-14-12-10-8-6-4-2/h5,7,11,13,17,19,23,25,49,51,57,59,65,67,71-73,75-78,80-81,83-85H,3-4,6,8-10,12,14-16,18,20-22,24,26-48,50,52-56,58,60-64,66,68-70H2,1-2H3,(H,79,82)/b7-5-,13-11-,19-17-,25-23-,51-49+,59-57+,67-65+. The number of rotatable bonds is 65. The summed E-state index contributed by atoms with van der Waals surface area (Å²) in [4.78, 5) is 13.1. The summed E-state index contributed by atoms with van der Waals surface area (Å²) in [5.74, 6) is -0.186. The summed E-state index contributed by atoms with van der Waals surface area (Å²) in [6.45, 7) is 3.69. The third-order valence-electron chi connectivity index (χ3n) is 17.4. The highest BCUT2D eigenvalue weighted by molar-refractivity contribution is 5.76. The molecule has 0 spiro atoms. The van der Waals surface area contributed by atoms with E-state index in [4.69, 9.17) is 9.47 Å². The highest BCUT2D eigenvalue weighted by Crippen LogP contribution is 2.23. The quantitative estimate of drug-likeness (QED) is 0.0261. The minimum absolute atomic E-state index is 0.186. The molecule has 7 unspecified atom stereocenters. The van der Waals surface area contributed by atoms with Crippen LogP contribution in [0, 0.1) is 0 Å². The Bertz CT molecular complexity index is 1650. The molecular weight excluding hydrogens is 1080 g/mol. The molecule has 87 heavy (non-hydrogen) atoms. The number of nitrogens with one attached hydrogen (secondary N) is 1. The summed E-state index contributed by atoms with van der Waals surface area (Å²) in [5, 5.41) is 54.8. The molecule has 1 saturated heterocycles. The van der Waals surface area contributed by atoms with E-state index in [1.54, 1.807) is 6.08 Å². The molecule has 506 valence electrons. The van der Waals surface area contributed by atoms with Crippen molar-refractivity contribution in [3.63, 3.8) is 0 Å². The lowest BCUT2D eigenvalue weighted by molar-refractivity contribution is -0.302. The minimum atomic E-state index is -1.58. The van der Waals surface area contributed by atoms with Crippen molar-refractivity contribution in [2.24, 2.45) is 0 Å². The molecule has 7 atom stereocenters. The SMILES string of the molecule is CC/C=C\C/C=C\C/C=C\C/C=C\CCCCCCCCCCCCCCCCCCCCCCCCC(=O)NC(COC1OC(CO)C(O)C(O)C1O)C(O)/C=C/CC/C=C/CC/C=C/CCCCCCCCCCCCCCCCCCCCC. The van der Waals surface area contributed by atoms with E-state index in [-0.39, 0.29) is 12.5 Å². The van der Waals surface area contributed by atoms with Gasteiger partial charge in [-0.25, -0.2) is 0 Å². The van der Waals surface area contributed by atoms with Crippen LogP contribution in [-0.2, 0) is 14.3 Å². The third-order valence-corrected chi connectivity index (χ3v) is 17.4. The topological polar surface area (TPSA) is 149 Å². The molecule has 0 saturated carbocycles. The largest absolute Gasteiger partial charge is 0.394 e. The van der Waals surface area contributed by atoms with E-state index in [1.807, 2.05) is 6.08 Å². The van der Waals surface area contributed by atoms with Gasteiger partial charge in [0.25, 0.3) is 0 Å². The van der Waals surface area contributed by atoms with Gasteiger partial charge in [0.2, 0.25) is 5.91 Å². The van der Waals surface area contributed by atoms with Crippen molar-refractivity contribution in [2.45, 2.75) is 391 Å². The first-order chi connectivity index (χ1) is 42.8. The van der Waals surface area contributed by atoms with Crippen molar-refractivity contribution in [2.75, 3.05) is 13.2 Å². The average Bonchev–Trinajstić information content (AvgIpc) is 3.47. The highest BCUT2D eigenvalue weighted by atomic mass is 16.7. The Labute approximate surface area is 537 Å². The molecule has 1 fully saturated rings. The fourth-order valence-corrected chi connectivity index (χ4v) is 11.7. The summed E-state index contributed by atoms with van der Waals surface area (Å²) < 4.78 is 11.3. The zero-order chi connectivity index (χ0) is 62.8. The zero-order valence-corrected chi connectivity index (χ0v) is 56.8. The number of carbonyl (C=O) groups is 1. The van der Waals surface area contributed by atoms with Crippen LogP contribution in [0.1, 0.15) is 348 Å². The van der Waals surface area contributed by atoms with Gasteiger partial charge in [0, 0.05) is 6.42 Å². The van der Waals surface area contributed by atoms with Gasteiger partial charge in [-0.2, -0.15) is 0 Å². The summed E-state index contributed by atoms with van der Waals surface area (Å²) in [6.07, 6.45) is 88.6. The molecule has 0 aromatic carbocycles. The monoisotopic (exact) mass is 1220 g/mol. The number of aliphatic hydroxyl groups is 5. The molecule has 1 heterocycles. The third kappa shape index (κ3) is 54.8. The molecule has 0 aromatic rings. The lowest BCUT2D eigenvalue weighted by Crippen LogP contribution is -2.60. The summed E-state index contributed by atoms with van der Waals surface area (Å²) in [6, 6.07) is -0.832. The molecular formula is C78H141NO8. The second-order valence-electron chi connectivity index (χ2n) is 25.7. The molecule has 1 rings (SSSR count). The van der Waals surface area contributed by atoms with E-state index < -0.39 is 49.5 Å². The fraction of sp³-hybridized carbons (Fsp3) is 0.808. The zero-order valence-electron chi connectivity index (χ0n) is 56.8. The van der Waals surface area contributed by atoms with E-state index in [2.05, 4.69) is 92.1 Å². The number of hydrogen-bond acceptors (Lipinski definition) is 8. The lowest BCUT2D eigenvalue weighted by Gasteiger charge is -2.40. The van der Waals surface area contributed by atoms with E-state index >= 15 is 0 Å². The van der Waals surface area contributed by atoms with Gasteiger partial charge in [0.05, 0.1) is 25.4 Å². The van der Waals surface area contributed by atoms with Crippen LogP contribution in [0.25, 0.3) is 0 Å². The van der Waals surface area contributed by atoms with Crippen LogP contribution in [0.2, 0.25) is 0 Å². The van der Waals surface area contributed by atoms with Crippen molar-refractivity contribution < 1.29 is 39.8 Å². The van der Waals surface area contributed by atoms with E-state index in [9.17, 15) is 30.3 Å². The van der Waals surface area contributed by atoms with Gasteiger partial charge in [-0.05, 0) is 83.5 Å². The van der Waals surface area contributed by atoms with Crippen molar-refractivity contribution in [1.82, 2.24) is 5.32 Å². The van der Waals surface area contributed by atoms with Gasteiger partial charge in [-0.3, -0.25) is 4.79 Å². The number of ether oxygens (including phenoxy) is 2. The first-order valence-corrected chi connectivity index (χ1v) is 37.3. The maximum absolute atomic E-state index is 13.1. The van der Waals surface area contributed by atoms with E-state index in [1.165, 1.54) is 257 Å². The van der Waals surface area contributed by atoms with E-state index in [0.717, 1.165) is 70.6 Å². The smallest absolute Gasteiger partial charge is 0.220 e. The van der Waals surface area contributed by atoms with Crippen molar-refractivity contribution in [3.8, 4) is 0 Å². The number of amides is 1. The summed E-state index contributed by atoms with van der Waals surface area (Å²) in [7, 11) is 0. The van der Waals surface area contributed by atoms with Crippen LogP contribution in [0.15, 0.2) is 85.1 Å². The van der Waals surface area contributed by atoms with Crippen molar-refractivity contribution >= 4 is 5.91 Å². The maximum Gasteiger partial charge on any atom is 0.220 e. The van der Waals surface area contributed by atoms with Gasteiger partial charge in [0.15, 0.2) is 6.29 Å². The van der Waals surface area contributed by atoms with Gasteiger partial charge in [0.1, 0.15) is 24.4 Å². The Morgan fingerprint density at radius 1 is 0.402 bits per heavy atom. The molecule has 1 amide bonds. The summed E-state index contributed by atoms with van der Waals surface area (Å²) >= 11 is 0. The molecule has 0 radical (unpaired) electrons. The Kier molecular flexibility index (Phi) is 62.8. The van der Waals surface area contributed by atoms with Gasteiger partial charge >= 0.3 is 0 Å². The Hall–Kier alpha value is -2.63. The first-order valence-electron chi connectivity index (χ1n) is 37.3. The lowest BCUT2D eigenvalue weighted by atomic mass is 9.99. The van der Waals surface area contributed by atoms with Gasteiger partial charge in [-0.15, -0.1) is 0 Å². The Balaban J connectivity index is 2.12. The van der Waals surface area contributed by atoms with Gasteiger partial charge < -0.3 is 40.3 Å². The van der Waals surface area contributed by atoms with Crippen LogP contribution >= 0.6 is 0 Å². The molecule has 9 nitrogen and oxygen atoms in total. The maximum atomic E-state index is 13.1. The highest BCUT2D eigenvalue weighted by Gasteiger charge is 2.44. The second kappa shape index (κ2) is 66.3. The normalized spacial score (nSPS) is 18.4. The number of aliphatic hydroxyl groups excluding tert-OH is 5.